The molecule has 0 unspecified atom stereocenters. The van der Waals surface area contributed by atoms with Crippen molar-refractivity contribution in [1.29, 1.82) is 0 Å². The predicted molar refractivity (Wildman–Crippen MR) is 65.5 cm³/mol. The molecule has 2 amide bonds. The van der Waals surface area contributed by atoms with E-state index in [0.717, 1.165) is 12.1 Å². The number of amides is 2. The minimum atomic E-state index is -4.78. The lowest BCUT2D eigenvalue weighted by molar-refractivity contribution is -0.274. The maximum atomic E-state index is 12.1. The van der Waals surface area contributed by atoms with E-state index < -0.39 is 24.4 Å². The van der Waals surface area contributed by atoms with Gasteiger partial charge in [-0.2, -0.15) is 0 Å². The van der Waals surface area contributed by atoms with Gasteiger partial charge in [0.1, 0.15) is 12.4 Å². The maximum Gasteiger partial charge on any atom is 0.573 e. The van der Waals surface area contributed by atoms with Crippen LogP contribution < -0.4 is 15.4 Å². The quantitative estimate of drug-likeness (QED) is 0.816. The molecule has 2 aliphatic rings. The van der Waals surface area contributed by atoms with Crippen molar-refractivity contribution in [2.75, 3.05) is 6.61 Å². The van der Waals surface area contributed by atoms with Crippen molar-refractivity contribution in [2.45, 2.75) is 12.4 Å². The summed E-state index contributed by atoms with van der Waals surface area (Å²) in [6, 6.07) is 3.60. The van der Waals surface area contributed by atoms with Crippen LogP contribution in [0.25, 0.3) is 0 Å². The van der Waals surface area contributed by atoms with Gasteiger partial charge in [0.25, 0.3) is 0 Å². The van der Waals surface area contributed by atoms with Crippen LogP contribution in [0.1, 0.15) is 11.6 Å². The van der Waals surface area contributed by atoms with Crippen molar-refractivity contribution in [3.8, 4) is 5.75 Å². The molecule has 1 aromatic carbocycles. The Hall–Kier alpha value is -2.71. The molecule has 0 aliphatic carbocycles. The third kappa shape index (κ3) is 2.69. The van der Waals surface area contributed by atoms with E-state index in [2.05, 4.69) is 15.4 Å². The second-order valence-electron chi connectivity index (χ2n) is 4.62. The van der Waals surface area contributed by atoms with Gasteiger partial charge in [0.2, 0.25) is 0 Å². The number of urea groups is 1. The average molecular weight is 314 g/mol. The van der Waals surface area contributed by atoms with E-state index in [-0.39, 0.29) is 17.9 Å². The molecule has 2 N–H and O–H groups in total. The summed E-state index contributed by atoms with van der Waals surface area (Å²) >= 11 is 0. The molecular weight excluding hydrogens is 305 g/mol. The zero-order valence-electron chi connectivity index (χ0n) is 10.9. The first-order valence-electron chi connectivity index (χ1n) is 6.17. The van der Waals surface area contributed by atoms with E-state index in [9.17, 15) is 22.8 Å². The van der Waals surface area contributed by atoms with Crippen LogP contribution in [0.5, 0.6) is 5.75 Å². The molecule has 22 heavy (non-hydrogen) atoms. The van der Waals surface area contributed by atoms with E-state index in [0.29, 0.717) is 11.3 Å². The number of benzene rings is 1. The number of cyclic esters (lactones) is 1. The van der Waals surface area contributed by atoms with E-state index in [1.807, 2.05) is 0 Å². The Kier molecular flexibility index (Phi) is 3.19. The fourth-order valence-electron chi connectivity index (χ4n) is 2.30. The van der Waals surface area contributed by atoms with Crippen molar-refractivity contribution >= 4 is 12.0 Å². The smallest absolute Gasteiger partial charge is 0.456 e. The summed E-state index contributed by atoms with van der Waals surface area (Å²) in [5.74, 6) is -0.970. The Labute approximate surface area is 121 Å². The van der Waals surface area contributed by atoms with Gasteiger partial charge in [-0.15, -0.1) is 13.2 Å². The number of rotatable bonds is 2. The largest absolute Gasteiger partial charge is 0.573 e. The Morgan fingerprint density at radius 3 is 2.50 bits per heavy atom. The van der Waals surface area contributed by atoms with Gasteiger partial charge >= 0.3 is 18.4 Å². The van der Waals surface area contributed by atoms with Gasteiger partial charge < -0.3 is 20.1 Å². The molecule has 0 aromatic heterocycles. The summed E-state index contributed by atoms with van der Waals surface area (Å²) in [6.07, 6.45) is -4.78. The number of nitrogens with one attached hydrogen (secondary N) is 2. The van der Waals surface area contributed by atoms with Gasteiger partial charge in [0.15, 0.2) is 0 Å². The number of carbonyl (C=O) groups is 2. The van der Waals surface area contributed by atoms with E-state index in [4.69, 9.17) is 4.74 Å². The molecule has 1 atom stereocenters. The van der Waals surface area contributed by atoms with Gasteiger partial charge in [-0.3, -0.25) is 0 Å². The summed E-state index contributed by atoms with van der Waals surface area (Å²) < 4.78 is 45.0. The third-order valence-corrected chi connectivity index (χ3v) is 3.17. The van der Waals surface area contributed by atoms with Gasteiger partial charge in [-0.05, 0) is 17.7 Å². The third-order valence-electron chi connectivity index (χ3n) is 3.17. The highest BCUT2D eigenvalue weighted by Crippen LogP contribution is 2.32. The SMILES string of the molecule is O=C1NC2=C(C(=O)OC2)[C@H](c2ccc(OC(F)(F)F)cc2)N1. The molecule has 0 bridgehead atoms. The zero-order chi connectivity index (χ0) is 15.9. The molecule has 9 heteroatoms. The van der Waals surface area contributed by atoms with Crippen LogP contribution >= 0.6 is 0 Å². The van der Waals surface area contributed by atoms with Crippen LogP contribution in [0, 0.1) is 0 Å². The molecule has 0 saturated heterocycles. The average Bonchev–Trinajstić information content (AvgIpc) is 2.78. The lowest BCUT2D eigenvalue weighted by Crippen LogP contribution is -2.44. The summed E-state index contributed by atoms with van der Waals surface area (Å²) in [6.45, 7) is -0.0344. The first-order valence-corrected chi connectivity index (χ1v) is 6.17. The monoisotopic (exact) mass is 314 g/mol. The number of esters is 1. The van der Waals surface area contributed by atoms with Crippen molar-refractivity contribution in [1.82, 2.24) is 10.6 Å². The van der Waals surface area contributed by atoms with Crippen molar-refractivity contribution < 1.29 is 32.2 Å². The lowest BCUT2D eigenvalue weighted by Gasteiger charge is -2.24. The van der Waals surface area contributed by atoms with Crippen molar-refractivity contribution in [3.05, 3.63) is 41.1 Å². The van der Waals surface area contributed by atoms with Crippen LogP contribution in [0.3, 0.4) is 0 Å². The molecule has 6 nitrogen and oxygen atoms in total. The van der Waals surface area contributed by atoms with E-state index in [1.54, 1.807) is 0 Å². The molecule has 0 saturated carbocycles. The van der Waals surface area contributed by atoms with Crippen molar-refractivity contribution in [2.24, 2.45) is 0 Å². The minimum Gasteiger partial charge on any atom is -0.456 e. The normalized spacial score (nSPS) is 21.0. The minimum absolute atomic E-state index is 0.0344. The molecular formula is C13H9F3N2O4. The fourth-order valence-corrected chi connectivity index (χ4v) is 2.30. The van der Waals surface area contributed by atoms with E-state index >= 15 is 0 Å². The van der Waals surface area contributed by atoms with Crippen LogP contribution in [-0.4, -0.2) is 25.0 Å². The molecule has 2 aliphatic heterocycles. The summed E-state index contributed by atoms with van der Waals surface area (Å²) in [7, 11) is 0. The number of halogens is 3. The summed E-state index contributed by atoms with van der Waals surface area (Å²) in [5.41, 5.74) is 1.04. The Bertz CT molecular complexity index is 667. The first-order chi connectivity index (χ1) is 10.3. The second kappa shape index (κ2) is 4.93. The molecule has 0 spiro atoms. The Balaban J connectivity index is 1.88. The first kappa shape index (κ1) is 14.2. The molecule has 0 radical (unpaired) electrons. The zero-order valence-corrected chi connectivity index (χ0v) is 10.9. The highest BCUT2D eigenvalue weighted by molar-refractivity contribution is 5.97. The lowest BCUT2D eigenvalue weighted by atomic mass is 9.96. The Morgan fingerprint density at radius 2 is 1.86 bits per heavy atom. The fraction of sp³-hybridized carbons (Fsp3) is 0.231. The van der Waals surface area contributed by atoms with Crippen molar-refractivity contribution in [3.63, 3.8) is 0 Å². The van der Waals surface area contributed by atoms with Crippen LogP contribution in [0.4, 0.5) is 18.0 Å². The Morgan fingerprint density at radius 1 is 1.18 bits per heavy atom. The maximum absolute atomic E-state index is 12.1. The standard InChI is InChI=1S/C13H9F3N2O4/c14-13(15,16)22-7-3-1-6(2-4-7)10-9-8(5-21-11(9)19)17-12(20)18-10/h1-4,10H,5H2,(H2,17,18,20)/t10-/m0/s1. The molecule has 3 rings (SSSR count). The highest BCUT2D eigenvalue weighted by atomic mass is 19.4. The van der Waals surface area contributed by atoms with Gasteiger partial charge in [0, 0.05) is 0 Å². The highest BCUT2D eigenvalue weighted by Gasteiger charge is 2.38. The predicted octanol–water partition coefficient (Wildman–Crippen LogP) is 1.75. The number of carbonyl (C=O) groups excluding carboxylic acids is 2. The van der Waals surface area contributed by atoms with Gasteiger partial charge in [-0.1, -0.05) is 12.1 Å². The number of alkyl halides is 3. The number of hydrogen-bond acceptors (Lipinski definition) is 4. The number of ether oxygens (including phenoxy) is 2. The van der Waals surface area contributed by atoms with Gasteiger partial charge in [0.05, 0.1) is 17.3 Å². The second-order valence-corrected chi connectivity index (χ2v) is 4.62. The van der Waals surface area contributed by atoms with Gasteiger partial charge in [-0.25, -0.2) is 9.59 Å². The molecule has 116 valence electrons. The van der Waals surface area contributed by atoms with Crippen LogP contribution in [-0.2, 0) is 9.53 Å². The van der Waals surface area contributed by atoms with Crippen LogP contribution in [0.2, 0.25) is 0 Å². The van der Waals surface area contributed by atoms with Crippen LogP contribution in [0.15, 0.2) is 35.5 Å². The molecule has 0 fully saturated rings. The summed E-state index contributed by atoms with van der Waals surface area (Å²) in [4.78, 5) is 23.3. The number of hydrogen-bond donors (Lipinski definition) is 2. The van der Waals surface area contributed by atoms with E-state index in [1.165, 1.54) is 12.1 Å². The topological polar surface area (TPSA) is 76.7 Å². The molecule has 2 heterocycles. The molecule has 1 aromatic rings. The summed E-state index contributed by atoms with van der Waals surface area (Å²) in [5, 5.41) is 4.99.